The number of carboxylic acid groups (broad SMARTS) is 1. The highest BCUT2D eigenvalue weighted by Crippen LogP contribution is 2.45. The first-order valence-electron chi connectivity index (χ1n) is 7.76. The predicted octanol–water partition coefficient (Wildman–Crippen LogP) is 3.92. The predicted molar refractivity (Wildman–Crippen MR) is 81.0 cm³/mol. The van der Waals surface area contributed by atoms with Gasteiger partial charge in [0, 0.05) is 17.0 Å². The number of thiophene rings is 1. The minimum Gasteiger partial charge on any atom is -0.480 e. The molecule has 0 spiro atoms. The van der Waals surface area contributed by atoms with Crippen molar-refractivity contribution in [3.05, 3.63) is 22.4 Å². The normalized spacial score (nSPS) is 31.9. The molecule has 4 heteroatoms. The van der Waals surface area contributed by atoms with Crippen molar-refractivity contribution >= 4 is 17.3 Å². The molecule has 3 rings (SSSR count). The van der Waals surface area contributed by atoms with Gasteiger partial charge in [-0.15, -0.1) is 11.3 Å². The molecule has 1 N–H and O–H groups in total. The molecule has 3 nitrogen and oxygen atoms in total. The average molecular weight is 293 g/mol. The number of carbonyl (C=O) groups is 1. The Hall–Kier alpha value is -0.870. The van der Waals surface area contributed by atoms with Crippen LogP contribution in [0.25, 0.3) is 0 Å². The first kappa shape index (κ1) is 14.1. The Morgan fingerprint density at radius 3 is 2.95 bits per heavy atom. The fraction of sp³-hybridized carbons (Fsp3) is 0.688. The lowest BCUT2D eigenvalue weighted by Gasteiger charge is -2.38. The Morgan fingerprint density at radius 2 is 2.30 bits per heavy atom. The average Bonchev–Trinajstić information content (AvgIpc) is 3.08. The summed E-state index contributed by atoms with van der Waals surface area (Å²) in [5.74, 6) is -0.0340. The Kier molecular flexibility index (Phi) is 4.13. The quantitative estimate of drug-likeness (QED) is 0.914. The number of carboxylic acids is 1. The highest BCUT2D eigenvalue weighted by Gasteiger charge is 2.47. The molecular weight excluding hydrogens is 270 g/mol. The maximum absolute atomic E-state index is 11.7. The van der Waals surface area contributed by atoms with Gasteiger partial charge in [-0.05, 0) is 43.0 Å². The van der Waals surface area contributed by atoms with Crippen LogP contribution in [0.3, 0.4) is 0 Å². The van der Waals surface area contributed by atoms with Gasteiger partial charge < -0.3 is 5.11 Å². The van der Waals surface area contributed by atoms with Crippen LogP contribution in [0, 0.1) is 5.92 Å². The zero-order chi connectivity index (χ0) is 14.1. The van der Waals surface area contributed by atoms with Crippen LogP contribution < -0.4 is 0 Å². The summed E-state index contributed by atoms with van der Waals surface area (Å²) in [6, 6.07) is 4.72. The summed E-state index contributed by atoms with van der Waals surface area (Å²) in [6.45, 7) is 2.18. The summed E-state index contributed by atoms with van der Waals surface area (Å²) >= 11 is 1.76. The van der Waals surface area contributed by atoms with Crippen LogP contribution >= 0.6 is 11.3 Å². The largest absolute Gasteiger partial charge is 0.480 e. The molecule has 0 bridgehead atoms. The van der Waals surface area contributed by atoms with Gasteiger partial charge in [0.25, 0.3) is 0 Å². The Bertz CT molecular complexity index is 459. The van der Waals surface area contributed by atoms with Gasteiger partial charge in [-0.2, -0.15) is 0 Å². The van der Waals surface area contributed by atoms with Crippen LogP contribution in [0.5, 0.6) is 0 Å². The molecule has 4 unspecified atom stereocenters. The molecule has 1 aliphatic heterocycles. The fourth-order valence-corrected chi connectivity index (χ4v) is 5.13. The molecule has 1 aromatic heterocycles. The van der Waals surface area contributed by atoms with Gasteiger partial charge in [-0.1, -0.05) is 25.8 Å². The van der Waals surface area contributed by atoms with Gasteiger partial charge in [0.05, 0.1) is 0 Å². The zero-order valence-electron chi connectivity index (χ0n) is 12.0. The van der Waals surface area contributed by atoms with E-state index in [-0.39, 0.29) is 12.1 Å². The summed E-state index contributed by atoms with van der Waals surface area (Å²) in [5, 5.41) is 11.7. The second-order valence-electron chi connectivity index (χ2n) is 6.09. The topological polar surface area (TPSA) is 40.5 Å². The second-order valence-corrected chi connectivity index (χ2v) is 7.07. The number of hydrogen-bond donors (Lipinski definition) is 1. The van der Waals surface area contributed by atoms with Crippen molar-refractivity contribution in [1.82, 2.24) is 4.90 Å². The lowest BCUT2D eigenvalue weighted by atomic mass is 9.84. The maximum Gasteiger partial charge on any atom is 0.320 e. The standard InChI is InChI=1S/C16H23NO2S/c1-2-12(15-8-5-9-20-15)17-13-7-4-3-6-11(13)10-14(17)16(18)19/h5,8-9,11-14H,2-4,6-7,10H2,1H3,(H,18,19). The molecular formula is C16H23NO2S. The summed E-state index contributed by atoms with van der Waals surface area (Å²) in [4.78, 5) is 15.4. The van der Waals surface area contributed by atoms with Gasteiger partial charge in [0.15, 0.2) is 0 Å². The summed E-state index contributed by atoms with van der Waals surface area (Å²) in [7, 11) is 0. The first-order chi connectivity index (χ1) is 9.72. The Labute approximate surface area is 124 Å². The lowest BCUT2D eigenvalue weighted by Crippen LogP contribution is -2.44. The molecule has 0 amide bonds. The van der Waals surface area contributed by atoms with Crippen LogP contribution in [-0.2, 0) is 4.79 Å². The van der Waals surface area contributed by atoms with E-state index in [0.29, 0.717) is 12.0 Å². The molecule has 4 atom stereocenters. The number of nitrogens with zero attached hydrogens (tertiary/aromatic N) is 1. The van der Waals surface area contributed by atoms with Crippen molar-refractivity contribution < 1.29 is 9.90 Å². The molecule has 1 saturated carbocycles. The SMILES string of the molecule is CCC(c1cccs1)N1C(C(=O)O)CC2CCCCC21. The zero-order valence-corrected chi connectivity index (χ0v) is 12.8. The van der Waals surface area contributed by atoms with Crippen LogP contribution in [0.1, 0.15) is 56.4 Å². The second kappa shape index (κ2) is 5.86. The lowest BCUT2D eigenvalue weighted by molar-refractivity contribution is -0.143. The van der Waals surface area contributed by atoms with Crippen molar-refractivity contribution in [2.75, 3.05) is 0 Å². The van der Waals surface area contributed by atoms with Crippen LogP contribution in [0.15, 0.2) is 17.5 Å². The summed E-state index contributed by atoms with van der Waals surface area (Å²) in [6.07, 6.45) is 6.76. The third-order valence-corrected chi connectivity index (χ3v) is 6.01. The molecule has 110 valence electrons. The highest BCUT2D eigenvalue weighted by molar-refractivity contribution is 7.10. The van der Waals surface area contributed by atoms with E-state index in [0.717, 1.165) is 12.8 Å². The monoisotopic (exact) mass is 293 g/mol. The molecule has 2 fully saturated rings. The summed E-state index contributed by atoms with van der Waals surface area (Å²) in [5.41, 5.74) is 0. The Balaban J connectivity index is 1.91. The van der Waals surface area contributed by atoms with Gasteiger partial charge >= 0.3 is 5.97 Å². The van der Waals surface area contributed by atoms with E-state index in [9.17, 15) is 9.90 Å². The van der Waals surface area contributed by atoms with Crippen LogP contribution in [0.2, 0.25) is 0 Å². The van der Waals surface area contributed by atoms with E-state index >= 15 is 0 Å². The molecule has 1 aromatic rings. The number of aliphatic carboxylic acids is 1. The minimum atomic E-state index is -0.630. The fourth-order valence-electron chi connectivity index (χ4n) is 4.21. The highest BCUT2D eigenvalue weighted by atomic mass is 32.1. The molecule has 0 radical (unpaired) electrons. The molecule has 2 aliphatic rings. The van der Waals surface area contributed by atoms with Gasteiger partial charge in [-0.3, -0.25) is 9.69 Å². The minimum absolute atomic E-state index is 0.282. The first-order valence-corrected chi connectivity index (χ1v) is 8.64. The molecule has 0 aromatic carbocycles. The van der Waals surface area contributed by atoms with Crippen molar-refractivity contribution in [2.45, 2.75) is 63.6 Å². The van der Waals surface area contributed by atoms with E-state index in [1.165, 1.54) is 30.6 Å². The van der Waals surface area contributed by atoms with E-state index in [1.54, 1.807) is 11.3 Å². The van der Waals surface area contributed by atoms with Crippen LogP contribution in [-0.4, -0.2) is 28.1 Å². The molecule has 2 heterocycles. The van der Waals surface area contributed by atoms with Crippen molar-refractivity contribution in [1.29, 1.82) is 0 Å². The maximum atomic E-state index is 11.7. The van der Waals surface area contributed by atoms with Crippen LogP contribution in [0.4, 0.5) is 0 Å². The molecule has 20 heavy (non-hydrogen) atoms. The van der Waals surface area contributed by atoms with E-state index in [2.05, 4.69) is 29.3 Å². The van der Waals surface area contributed by atoms with E-state index in [1.807, 2.05) is 0 Å². The van der Waals surface area contributed by atoms with Gasteiger partial charge in [0.1, 0.15) is 6.04 Å². The smallest absolute Gasteiger partial charge is 0.320 e. The Morgan fingerprint density at radius 1 is 1.50 bits per heavy atom. The number of rotatable bonds is 4. The van der Waals surface area contributed by atoms with Crippen molar-refractivity contribution in [2.24, 2.45) is 5.92 Å². The number of likely N-dealkylation sites (tertiary alicyclic amines) is 1. The number of hydrogen-bond acceptors (Lipinski definition) is 3. The summed E-state index contributed by atoms with van der Waals surface area (Å²) < 4.78 is 0. The van der Waals surface area contributed by atoms with Crippen molar-refractivity contribution in [3.63, 3.8) is 0 Å². The van der Waals surface area contributed by atoms with Gasteiger partial charge in [0.2, 0.25) is 0 Å². The van der Waals surface area contributed by atoms with Gasteiger partial charge in [-0.25, -0.2) is 0 Å². The molecule has 1 aliphatic carbocycles. The third kappa shape index (κ3) is 2.40. The number of fused-ring (bicyclic) bond motifs is 1. The third-order valence-electron chi connectivity index (χ3n) is 5.04. The van der Waals surface area contributed by atoms with E-state index < -0.39 is 5.97 Å². The van der Waals surface area contributed by atoms with E-state index in [4.69, 9.17) is 0 Å². The molecule has 1 saturated heterocycles. The van der Waals surface area contributed by atoms with Crippen molar-refractivity contribution in [3.8, 4) is 0 Å².